The average molecular weight is 295 g/mol. The highest BCUT2D eigenvalue weighted by atomic mass is 32.2. The Kier molecular flexibility index (Phi) is 4.27. The molecule has 0 atom stereocenters. The molecule has 0 bridgehead atoms. The van der Waals surface area contributed by atoms with Crippen molar-refractivity contribution in [2.24, 2.45) is 0 Å². The van der Waals surface area contributed by atoms with Crippen LogP contribution in [0.25, 0.3) is 0 Å². The Labute approximate surface area is 118 Å². The van der Waals surface area contributed by atoms with E-state index in [0.29, 0.717) is 0 Å². The van der Waals surface area contributed by atoms with Gasteiger partial charge >= 0.3 is 0 Å². The molecule has 2 aromatic rings. The largest absolute Gasteiger partial charge is 0.462 e. The molecule has 0 amide bonds. The van der Waals surface area contributed by atoms with Crippen LogP contribution < -0.4 is 4.72 Å². The maximum Gasteiger partial charge on any atom is 0.244 e. The van der Waals surface area contributed by atoms with Crippen molar-refractivity contribution in [3.8, 4) is 0 Å². The molecule has 2 rings (SSSR count). The number of hydrogen-bond acceptors (Lipinski definition) is 4. The Morgan fingerprint density at radius 3 is 2.55 bits per heavy atom. The molecule has 0 aliphatic carbocycles. The number of nitrogens with one attached hydrogen (secondary N) is 1. The molecule has 0 aliphatic heterocycles. The van der Waals surface area contributed by atoms with Crippen LogP contribution in [0, 0.1) is 13.8 Å². The summed E-state index contributed by atoms with van der Waals surface area (Å²) in [5.41, 5.74) is 1.94. The lowest BCUT2D eigenvalue weighted by Gasteiger charge is -2.08. The van der Waals surface area contributed by atoms with E-state index in [-0.39, 0.29) is 29.6 Å². The van der Waals surface area contributed by atoms with Crippen LogP contribution >= 0.6 is 0 Å². The molecule has 0 spiro atoms. The van der Waals surface area contributed by atoms with Crippen molar-refractivity contribution in [3.63, 3.8) is 0 Å². The van der Waals surface area contributed by atoms with Gasteiger partial charge in [-0.2, -0.15) is 0 Å². The molecule has 108 valence electrons. The minimum atomic E-state index is -3.65. The van der Waals surface area contributed by atoms with Crippen LogP contribution in [0.15, 0.2) is 39.6 Å². The Hall–Kier alpha value is -1.63. The fraction of sp³-hybridized carbons (Fsp3) is 0.286. The number of aliphatic hydroxyl groups is 1. The first-order chi connectivity index (χ1) is 9.44. The molecule has 0 aliphatic rings. The summed E-state index contributed by atoms with van der Waals surface area (Å²) in [7, 11) is -3.65. The van der Waals surface area contributed by atoms with E-state index in [1.165, 1.54) is 6.07 Å². The summed E-state index contributed by atoms with van der Waals surface area (Å²) in [6, 6.07) is 8.91. The van der Waals surface area contributed by atoms with Gasteiger partial charge in [0.25, 0.3) is 0 Å². The van der Waals surface area contributed by atoms with E-state index in [1.54, 1.807) is 6.92 Å². The Morgan fingerprint density at radius 1 is 1.25 bits per heavy atom. The predicted molar refractivity (Wildman–Crippen MR) is 74.6 cm³/mol. The van der Waals surface area contributed by atoms with Crippen molar-refractivity contribution in [1.82, 2.24) is 4.72 Å². The van der Waals surface area contributed by atoms with E-state index in [1.807, 2.05) is 31.2 Å². The normalized spacial score (nSPS) is 11.8. The summed E-state index contributed by atoms with van der Waals surface area (Å²) in [4.78, 5) is 0.0649. The molecule has 0 radical (unpaired) electrons. The van der Waals surface area contributed by atoms with Gasteiger partial charge in [0.05, 0.1) is 0 Å². The number of benzene rings is 1. The average Bonchev–Trinajstić information content (AvgIpc) is 2.80. The summed E-state index contributed by atoms with van der Waals surface area (Å²) in [5, 5.41) is 8.98. The number of hydrogen-bond donors (Lipinski definition) is 2. The fourth-order valence-corrected chi connectivity index (χ4v) is 3.14. The van der Waals surface area contributed by atoms with Gasteiger partial charge in [-0.1, -0.05) is 24.3 Å². The fourth-order valence-electron chi connectivity index (χ4n) is 1.93. The lowest BCUT2D eigenvalue weighted by Crippen LogP contribution is -2.23. The first kappa shape index (κ1) is 14.8. The highest BCUT2D eigenvalue weighted by molar-refractivity contribution is 7.89. The maximum absolute atomic E-state index is 12.2. The molecule has 0 saturated carbocycles. The molecule has 6 heteroatoms. The number of rotatable bonds is 5. The molecule has 0 fully saturated rings. The maximum atomic E-state index is 12.2. The third kappa shape index (κ3) is 3.09. The SMILES string of the molecule is Cc1ccccc1CNS(=O)(=O)c1cc(CO)oc1C. The first-order valence-corrected chi connectivity index (χ1v) is 7.66. The summed E-state index contributed by atoms with van der Waals surface area (Å²) >= 11 is 0. The predicted octanol–water partition coefficient (Wildman–Crippen LogP) is 1.87. The summed E-state index contributed by atoms with van der Waals surface area (Å²) < 4.78 is 32.1. The van der Waals surface area contributed by atoms with Crippen molar-refractivity contribution in [3.05, 3.63) is 53.0 Å². The highest BCUT2D eigenvalue weighted by Gasteiger charge is 2.21. The van der Waals surface area contributed by atoms with E-state index in [0.717, 1.165) is 11.1 Å². The molecule has 1 aromatic carbocycles. The minimum Gasteiger partial charge on any atom is -0.462 e. The van der Waals surface area contributed by atoms with Gasteiger partial charge < -0.3 is 9.52 Å². The third-order valence-electron chi connectivity index (χ3n) is 3.08. The molecule has 20 heavy (non-hydrogen) atoms. The second-order valence-corrected chi connectivity index (χ2v) is 6.28. The second kappa shape index (κ2) is 5.78. The van der Waals surface area contributed by atoms with Crippen LogP contribution in [-0.2, 0) is 23.2 Å². The third-order valence-corrected chi connectivity index (χ3v) is 4.59. The standard InChI is InChI=1S/C14H17NO4S/c1-10-5-3-4-6-12(10)8-15-20(17,18)14-7-13(9-16)19-11(14)2/h3-7,15-16H,8-9H2,1-2H3. The van der Waals surface area contributed by atoms with Crippen molar-refractivity contribution in [2.45, 2.75) is 31.9 Å². The van der Waals surface area contributed by atoms with Crippen LogP contribution in [0.4, 0.5) is 0 Å². The van der Waals surface area contributed by atoms with Crippen LogP contribution in [-0.4, -0.2) is 13.5 Å². The zero-order valence-corrected chi connectivity index (χ0v) is 12.2. The first-order valence-electron chi connectivity index (χ1n) is 6.18. The summed E-state index contributed by atoms with van der Waals surface area (Å²) in [5.74, 6) is 0.505. The zero-order chi connectivity index (χ0) is 14.8. The van der Waals surface area contributed by atoms with E-state index in [9.17, 15) is 8.42 Å². The van der Waals surface area contributed by atoms with E-state index in [2.05, 4.69) is 4.72 Å². The van der Waals surface area contributed by atoms with E-state index < -0.39 is 10.0 Å². The van der Waals surface area contributed by atoms with Crippen LogP contribution in [0.5, 0.6) is 0 Å². The van der Waals surface area contributed by atoms with Crippen LogP contribution in [0.3, 0.4) is 0 Å². The van der Waals surface area contributed by atoms with Gasteiger partial charge in [-0.05, 0) is 25.0 Å². The van der Waals surface area contributed by atoms with Gasteiger partial charge in [0.2, 0.25) is 10.0 Å². The van der Waals surface area contributed by atoms with Gasteiger partial charge in [0.15, 0.2) is 0 Å². The lowest BCUT2D eigenvalue weighted by atomic mass is 10.1. The molecule has 1 aromatic heterocycles. The van der Waals surface area contributed by atoms with Gasteiger partial charge in [-0.25, -0.2) is 13.1 Å². The van der Waals surface area contributed by atoms with Crippen molar-refractivity contribution in [1.29, 1.82) is 0 Å². The van der Waals surface area contributed by atoms with Crippen molar-refractivity contribution in [2.75, 3.05) is 0 Å². The summed E-state index contributed by atoms with van der Waals surface area (Å²) in [6.45, 7) is 3.38. The molecular formula is C14H17NO4S. The second-order valence-electron chi connectivity index (χ2n) is 4.54. The molecule has 0 saturated heterocycles. The lowest BCUT2D eigenvalue weighted by molar-refractivity contribution is 0.244. The molecule has 2 N–H and O–H groups in total. The number of aliphatic hydroxyl groups excluding tert-OH is 1. The Balaban J connectivity index is 2.19. The topological polar surface area (TPSA) is 79.5 Å². The van der Waals surface area contributed by atoms with E-state index in [4.69, 9.17) is 9.52 Å². The molecule has 0 unspecified atom stereocenters. The highest BCUT2D eigenvalue weighted by Crippen LogP contribution is 2.20. The van der Waals surface area contributed by atoms with Gasteiger partial charge in [0, 0.05) is 12.6 Å². The van der Waals surface area contributed by atoms with Gasteiger partial charge in [0.1, 0.15) is 23.0 Å². The summed E-state index contributed by atoms with van der Waals surface area (Å²) in [6.07, 6.45) is 0. The quantitative estimate of drug-likeness (QED) is 0.882. The van der Waals surface area contributed by atoms with Gasteiger partial charge in [-0.15, -0.1) is 0 Å². The smallest absolute Gasteiger partial charge is 0.244 e. The van der Waals surface area contributed by atoms with Crippen molar-refractivity contribution >= 4 is 10.0 Å². The molecule has 1 heterocycles. The number of aryl methyl sites for hydroxylation is 2. The number of furan rings is 1. The van der Waals surface area contributed by atoms with Gasteiger partial charge in [-0.3, -0.25) is 0 Å². The zero-order valence-electron chi connectivity index (χ0n) is 11.4. The molecular weight excluding hydrogens is 278 g/mol. The van der Waals surface area contributed by atoms with Crippen molar-refractivity contribution < 1.29 is 17.9 Å². The molecule has 5 nitrogen and oxygen atoms in total. The van der Waals surface area contributed by atoms with Crippen LogP contribution in [0.2, 0.25) is 0 Å². The Bertz CT molecular complexity index is 704. The minimum absolute atomic E-state index is 0.0649. The monoisotopic (exact) mass is 295 g/mol. The number of sulfonamides is 1. The Morgan fingerprint density at radius 2 is 1.95 bits per heavy atom. The van der Waals surface area contributed by atoms with E-state index >= 15 is 0 Å². The van der Waals surface area contributed by atoms with Crippen LogP contribution in [0.1, 0.15) is 22.6 Å².